The maximum absolute atomic E-state index is 12.2. The number of carbonyl (C=O) groups is 1. The lowest BCUT2D eigenvalue weighted by Crippen LogP contribution is -2.41. The van der Waals surface area contributed by atoms with Gasteiger partial charge in [-0.15, -0.1) is 0 Å². The molecule has 134 valence electrons. The average molecular weight is 338 g/mol. The van der Waals surface area contributed by atoms with Gasteiger partial charge in [0.1, 0.15) is 0 Å². The summed E-state index contributed by atoms with van der Waals surface area (Å²) in [5.41, 5.74) is 2.06. The molecule has 2 aromatic rings. The number of aliphatic carboxylic acids is 1. The molecular weight excluding hydrogens is 308 g/mol. The van der Waals surface area contributed by atoms with E-state index in [2.05, 4.69) is 45.0 Å². The fraction of sp³-hybridized carbons (Fsp3) is 0.435. The van der Waals surface area contributed by atoms with E-state index in [1.165, 1.54) is 5.56 Å². The van der Waals surface area contributed by atoms with Crippen LogP contribution in [0.1, 0.15) is 51.2 Å². The van der Waals surface area contributed by atoms with E-state index in [0.29, 0.717) is 5.92 Å². The fourth-order valence-corrected chi connectivity index (χ4v) is 4.21. The lowest BCUT2D eigenvalue weighted by Gasteiger charge is -2.42. The monoisotopic (exact) mass is 338 g/mol. The Morgan fingerprint density at radius 1 is 1.00 bits per heavy atom. The van der Waals surface area contributed by atoms with Crippen molar-refractivity contribution < 1.29 is 9.90 Å². The molecule has 2 heteroatoms. The van der Waals surface area contributed by atoms with Gasteiger partial charge in [-0.1, -0.05) is 94.8 Å². The van der Waals surface area contributed by atoms with E-state index in [1.807, 2.05) is 43.3 Å². The fourth-order valence-electron chi connectivity index (χ4n) is 4.21. The number of benzene rings is 2. The van der Waals surface area contributed by atoms with Gasteiger partial charge >= 0.3 is 5.97 Å². The molecule has 1 N–H and O–H groups in total. The highest BCUT2D eigenvalue weighted by atomic mass is 16.4. The Bertz CT molecular complexity index is 661. The van der Waals surface area contributed by atoms with Crippen LogP contribution in [0, 0.1) is 17.3 Å². The van der Waals surface area contributed by atoms with E-state index < -0.39 is 11.9 Å². The molecule has 2 aromatic carbocycles. The molecule has 0 aromatic heterocycles. The molecule has 0 aliphatic rings. The zero-order valence-electron chi connectivity index (χ0n) is 15.8. The third-order valence-electron chi connectivity index (χ3n) is 5.76. The van der Waals surface area contributed by atoms with Gasteiger partial charge in [-0.05, 0) is 34.8 Å². The van der Waals surface area contributed by atoms with Crippen LogP contribution in [0.5, 0.6) is 0 Å². The third kappa shape index (κ3) is 4.50. The number of hydrogen-bond acceptors (Lipinski definition) is 1. The topological polar surface area (TPSA) is 37.3 Å². The van der Waals surface area contributed by atoms with Crippen molar-refractivity contribution in [1.29, 1.82) is 0 Å². The lowest BCUT2D eigenvalue weighted by atomic mass is 9.62. The molecule has 0 aliphatic carbocycles. The molecule has 2 nitrogen and oxygen atoms in total. The van der Waals surface area contributed by atoms with E-state index in [1.54, 1.807) is 0 Å². The maximum atomic E-state index is 12.2. The first-order chi connectivity index (χ1) is 11.9. The number of rotatable bonds is 8. The lowest BCUT2D eigenvalue weighted by molar-refractivity contribution is -0.148. The quantitative estimate of drug-likeness (QED) is 0.662. The minimum Gasteiger partial charge on any atom is -0.481 e. The predicted molar refractivity (Wildman–Crippen MR) is 104 cm³/mol. The first-order valence-electron chi connectivity index (χ1n) is 9.19. The van der Waals surface area contributed by atoms with Crippen LogP contribution in [0.25, 0.3) is 0 Å². The van der Waals surface area contributed by atoms with Gasteiger partial charge in [0.2, 0.25) is 0 Å². The summed E-state index contributed by atoms with van der Waals surface area (Å²) in [6.45, 7) is 8.47. The van der Waals surface area contributed by atoms with Crippen LogP contribution in [-0.2, 0) is 11.2 Å². The van der Waals surface area contributed by atoms with Crippen LogP contribution in [-0.4, -0.2) is 11.1 Å². The summed E-state index contributed by atoms with van der Waals surface area (Å²) >= 11 is 0. The summed E-state index contributed by atoms with van der Waals surface area (Å²) in [5, 5.41) is 10.1. The first kappa shape index (κ1) is 19.2. The number of carboxylic acids is 1. The van der Waals surface area contributed by atoms with E-state index in [9.17, 15) is 9.90 Å². The van der Waals surface area contributed by atoms with Gasteiger partial charge in [0.05, 0.1) is 5.92 Å². The summed E-state index contributed by atoms with van der Waals surface area (Å²) < 4.78 is 0. The number of hydrogen-bond donors (Lipinski definition) is 1. The Hall–Kier alpha value is -2.09. The molecule has 0 amide bonds. The average Bonchev–Trinajstić information content (AvgIpc) is 2.60. The van der Waals surface area contributed by atoms with E-state index >= 15 is 0 Å². The van der Waals surface area contributed by atoms with Gasteiger partial charge in [0.15, 0.2) is 0 Å². The SMILES string of the molecule is CCC(Cc1ccccc1)C(C)(C)C(C(=O)O)C(C)c1ccccc1. The van der Waals surface area contributed by atoms with Crippen molar-refractivity contribution in [3.8, 4) is 0 Å². The minimum atomic E-state index is -0.701. The molecule has 3 atom stereocenters. The van der Waals surface area contributed by atoms with Crippen molar-refractivity contribution in [1.82, 2.24) is 0 Å². The molecule has 0 radical (unpaired) electrons. The van der Waals surface area contributed by atoms with Crippen LogP contribution >= 0.6 is 0 Å². The van der Waals surface area contributed by atoms with Gasteiger partial charge in [0, 0.05) is 0 Å². The molecule has 25 heavy (non-hydrogen) atoms. The van der Waals surface area contributed by atoms with Crippen LogP contribution < -0.4 is 0 Å². The van der Waals surface area contributed by atoms with E-state index in [0.717, 1.165) is 18.4 Å². The molecule has 0 bridgehead atoms. The second-order valence-corrected chi connectivity index (χ2v) is 7.63. The molecule has 3 unspecified atom stereocenters. The highest BCUT2D eigenvalue weighted by molar-refractivity contribution is 5.72. The molecule has 0 aliphatic heterocycles. The molecule has 0 spiro atoms. The minimum absolute atomic E-state index is 0.0291. The Kier molecular flexibility index (Phi) is 6.41. The molecule has 0 saturated carbocycles. The van der Waals surface area contributed by atoms with Crippen LogP contribution in [0.15, 0.2) is 60.7 Å². The van der Waals surface area contributed by atoms with Gasteiger partial charge < -0.3 is 5.11 Å². The second-order valence-electron chi connectivity index (χ2n) is 7.63. The van der Waals surface area contributed by atoms with Crippen molar-refractivity contribution in [2.75, 3.05) is 0 Å². The van der Waals surface area contributed by atoms with Gasteiger partial charge in [0.25, 0.3) is 0 Å². The summed E-state index contributed by atoms with van der Waals surface area (Å²) in [5.74, 6) is -0.850. The Morgan fingerprint density at radius 2 is 1.52 bits per heavy atom. The summed E-state index contributed by atoms with van der Waals surface area (Å²) in [6, 6.07) is 20.4. The van der Waals surface area contributed by atoms with E-state index in [-0.39, 0.29) is 11.3 Å². The molecule has 2 rings (SSSR count). The molecule has 0 saturated heterocycles. The van der Waals surface area contributed by atoms with Crippen LogP contribution in [0.2, 0.25) is 0 Å². The summed E-state index contributed by atoms with van der Waals surface area (Å²) in [4.78, 5) is 12.2. The molecule has 0 heterocycles. The summed E-state index contributed by atoms with van der Waals surface area (Å²) in [6.07, 6.45) is 1.88. The van der Waals surface area contributed by atoms with Crippen LogP contribution in [0.4, 0.5) is 0 Å². The Labute approximate surface area is 151 Å². The zero-order chi connectivity index (χ0) is 18.4. The van der Waals surface area contributed by atoms with Gasteiger partial charge in [-0.3, -0.25) is 4.79 Å². The van der Waals surface area contributed by atoms with E-state index in [4.69, 9.17) is 0 Å². The third-order valence-corrected chi connectivity index (χ3v) is 5.76. The van der Waals surface area contributed by atoms with Crippen molar-refractivity contribution in [3.05, 3.63) is 71.8 Å². The Balaban J connectivity index is 2.31. The Morgan fingerprint density at radius 3 is 2.00 bits per heavy atom. The van der Waals surface area contributed by atoms with Crippen molar-refractivity contribution in [3.63, 3.8) is 0 Å². The number of carboxylic acid groups (broad SMARTS) is 1. The summed E-state index contributed by atoms with van der Waals surface area (Å²) in [7, 11) is 0. The van der Waals surface area contributed by atoms with Crippen LogP contribution in [0.3, 0.4) is 0 Å². The van der Waals surface area contributed by atoms with Crippen molar-refractivity contribution >= 4 is 5.97 Å². The first-order valence-corrected chi connectivity index (χ1v) is 9.19. The van der Waals surface area contributed by atoms with Crippen molar-refractivity contribution in [2.24, 2.45) is 17.3 Å². The van der Waals surface area contributed by atoms with Gasteiger partial charge in [-0.2, -0.15) is 0 Å². The maximum Gasteiger partial charge on any atom is 0.307 e. The second kappa shape index (κ2) is 8.33. The van der Waals surface area contributed by atoms with Gasteiger partial charge in [-0.25, -0.2) is 0 Å². The smallest absolute Gasteiger partial charge is 0.307 e. The largest absolute Gasteiger partial charge is 0.481 e. The highest BCUT2D eigenvalue weighted by Crippen LogP contribution is 2.45. The highest BCUT2D eigenvalue weighted by Gasteiger charge is 2.43. The normalized spacial score (nSPS) is 15.4. The standard InChI is InChI=1S/C23H30O2/c1-5-20(16-18-12-8-6-9-13-18)23(3,4)21(22(24)25)17(2)19-14-10-7-11-15-19/h6-15,17,20-21H,5,16H2,1-4H3,(H,24,25). The molecule has 0 fully saturated rings. The zero-order valence-corrected chi connectivity index (χ0v) is 15.8. The van der Waals surface area contributed by atoms with Crippen molar-refractivity contribution in [2.45, 2.75) is 46.5 Å². The predicted octanol–water partition coefficient (Wildman–Crippen LogP) is 5.79. The molecular formula is C23H30O2.